The van der Waals surface area contributed by atoms with E-state index in [4.69, 9.17) is 0 Å². The summed E-state index contributed by atoms with van der Waals surface area (Å²) in [7, 11) is 0. The third-order valence-electron chi connectivity index (χ3n) is 3.86. The molecule has 1 N–H and O–H groups in total. The van der Waals surface area contributed by atoms with E-state index in [1.165, 1.54) is 11.1 Å². The van der Waals surface area contributed by atoms with Crippen LogP contribution in [0.25, 0.3) is 0 Å². The summed E-state index contributed by atoms with van der Waals surface area (Å²) in [4.78, 5) is 0. The largest absolute Gasteiger partial charge is 0.385 e. The first-order chi connectivity index (χ1) is 7.49. The number of benzene rings is 1. The summed E-state index contributed by atoms with van der Waals surface area (Å²) in [6, 6.07) is 6.45. The second kappa shape index (κ2) is 4.21. The van der Waals surface area contributed by atoms with E-state index >= 15 is 0 Å². The lowest BCUT2D eigenvalue weighted by Gasteiger charge is -2.35. The maximum atomic E-state index is 10.7. The first-order valence-corrected chi connectivity index (χ1v) is 6.31. The molecular formula is C15H22O. The van der Waals surface area contributed by atoms with E-state index in [1.54, 1.807) is 0 Å². The molecule has 88 valence electrons. The van der Waals surface area contributed by atoms with E-state index in [9.17, 15) is 5.11 Å². The first kappa shape index (κ1) is 11.7. The van der Waals surface area contributed by atoms with Gasteiger partial charge in [-0.1, -0.05) is 36.2 Å². The first-order valence-electron chi connectivity index (χ1n) is 6.31. The third-order valence-corrected chi connectivity index (χ3v) is 3.86. The van der Waals surface area contributed by atoms with Crippen molar-refractivity contribution in [2.45, 2.75) is 52.1 Å². The maximum absolute atomic E-state index is 10.7. The van der Waals surface area contributed by atoms with Crippen LogP contribution >= 0.6 is 0 Å². The van der Waals surface area contributed by atoms with Crippen LogP contribution in [0.3, 0.4) is 0 Å². The highest BCUT2D eigenvalue weighted by Crippen LogP contribution is 2.39. The number of aryl methyl sites for hydroxylation is 2. The van der Waals surface area contributed by atoms with Crippen LogP contribution in [0.15, 0.2) is 18.2 Å². The van der Waals surface area contributed by atoms with E-state index in [0.717, 1.165) is 37.2 Å². The van der Waals surface area contributed by atoms with Crippen LogP contribution in [-0.2, 0) is 5.60 Å². The number of hydrogen-bond donors (Lipinski definition) is 1. The van der Waals surface area contributed by atoms with Gasteiger partial charge in [-0.2, -0.15) is 0 Å². The van der Waals surface area contributed by atoms with Gasteiger partial charge in [0.05, 0.1) is 5.60 Å². The Morgan fingerprint density at radius 1 is 1.06 bits per heavy atom. The Kier molecular flexibility index (Phi) is 3.07. The van der Waals surface area contributed by atoms with Gasteiger partial charge in [-0.05, 0) is 51.0 Å². The Hall–Kier alpha value is -0.820. The highest BCUT2D eigenvalue weighted by Gasteiger charge is 2.33. The topological polar surface area (TPSA) is 20.2 Å². The zero-order chi connectivity index (χ0) is 11.8. The summed E-state index contributed by atoms with van der Waals surface area (Å²) in [6.45, 7) is 6.48. The molecule has 0 amide bonds. The molecule has 0 aromatic heterocycles. The maximum Gasteiger partial charge on any atom is 0.0897 e. The lowest BCUT2D eigenvalue weighted by Crippen LogP contribution is -2.31. The van der Waals surface area contributed by atoms with Gasteiger partial charge in [0.1, 0.15) is 0 Å². The number of rotatable bonds is 1. The average Bonchev–Trinajstić information content (AvgIpc) is 2.21. The van der Waals surface area contributed by atoms with Crippen molar-refractivity contribution in [2.75, 3.05) is 0 Å². The van der Waals surface area contributed by atoms with Crippen molar-refractivity contribution in [1.82, 2.24) is 0 Å². The Morgan fingerprint density at radius 2 is 1.56 bits per heavy atom. The van der Waals surface area contributed by atoms with E-state index in [-0.39, 0.29) is 0 Å². The molecule has 1 aliphatic carbocycles. The van der Waals surface area contributed by atoms with E-state index in [0.29, 0.717) is 0 Å². The third kappa shape index (κ3) is 2.30. The lowest BCUT2D eigenvalue weighted by atomic mass is 9.75. The van der Waals surface area contributed by atoms with Gasteiger partial charge in [0.25, 0.3) is 0 Å². The van der Waals surface area contributed by atoms with Crippen molar-refractivity contribution in [2.24, 2.45) is 5.92 Å². The molecule has 16 heavy (non-hydrogen) atoms. The van der Waals surface area contributed by atoms with Gasteiger partial charge >= 0.3 is 0 Å². The van der Waals surface area contributed by atoms with Crippen molar-refractivity contribution in [1.29, 1.82) is 0 Å². The Balaban J connectivity index is 2.28. The molecule has 0 bridgehead atoms. The summed E-state index contributed by atoms with van der Waals surface area (Å²) in [6.07, 6.45) is 4.11. The van der Waals surface area contributed by atoms with Crippen LogP contribution in [0, 0.1) is 19.8 Å². The van der Waals surface area contributed by atoms with Crippen molar-refractivity contribution in [3.63, 3.8) is 0 Å². The normalized spacial score (nSPS) is 30.4. The molecule has 0 radical (unpaired) electrons. The molecule has 1 heteroatoms. The average molecular weight is 218 g/mol. The summed E-state index contributed by atoms with van der Waals surface area (Å²) in [5.74, 6) is 0.770. The van der Waals surface area contributed by atoms with Gasteiger partial charge < -0.3 is 5.11 Å². The molecule has 1 aromatic carbocycles. The van der Waals surface area contributed by atoms with Crippen molar-refractivity contribution < 1.29 is 5.11 Å². The molecule has 1 aliphatic rings. The van der Waals surface area contributed by atoms with E-state index < -0.39 is 5.60 Å². The van der Waals surface area contributed by atoms with Crippen LogP contribution in [0.5, 0.6) is 0 Å². The van der Waals surface area contributed by atoms with Crippen LogP contribution in [-0.4, -0.2) is 5.11 Å². The molecule has 0 spiro atoms. The fourth-order valence-electron chi connectivity index (χ4n) is 2.77. The highest BCUT2D eigenvalue weighted by molar-refractivity contribution is 5.32. The molecule has 0 heterocycles. The second-order valence-electron chi connectivity index (χ2n) is 5.59. The number of aliphatic hydroxyl groups is 1. The molecule has 1 saturated carbocycles. The fraction of sp³-hybridized carbons (Fsp3) is 0.600. The Morgan fingerprint density at radius 3 is 2.06 bits per heavy atom. The van der Waals surface area contributed by atoms with E-state index in [1.807, 2.05) is 0 Å². The molecule has 1 fully saturated rings. The minimum absolute atomic E-state index is 0.566. The van der Waals surface area contributed by atoms with Gasteiger partial charge in [0.15, 0.2) is 0 Å². The SMILES string of the molecule is Cc1cc(C)cc(C2(O)CCC(C)CC2)c1. The molecule has 1 aromatic rings. The summed E-state index contributed by atoms with van der Waals surface area (Å²) in [5.41, 5.74) is 3.06. The standard InChI is InChI=1S/C15H22O/c1-11-4-6-15(16,7-5-11)14-9-12(2)8-13(3)10-14/h8-11,16H,4-7H2,1-3H3. The molecule has 2 rings (SSSR count). The minimum Gasteiger partial charge on any atom is -0.385 e. The molecule has 0 unspecified atom stereocenters. The van der Waals surface area contributed by atoms with Gasteiger partial charge in [0.2, 0.25) is 0 Å². The second-order valence-corrected chi connectivity index (χ2v) is 5.59. The summed E-state index contributed by atoms with van der Waals surface area (Å²) >= 11 is 0. The monoisotopic (exact) mass is 218 g/mol. The van der Waals surface area contributed by atoms with Gasteiger partial charge in [0, 0.05) is 0 Å². The van der Waals surface area contributed by atoms with Gasteiger partial charge in [-0.15, -0.1) is 0 Å². The smallest absolute Gasteiger partial charge is 0.0897 e. The van der Waals surface area contributed by atoms with Crippen molar-refractivity contribution in [3.8, 4) is 0 Å². The van der Waals surface area contributed by atoms with Crippen molar-refractivity contribution in [3.05, 3.63) is 34.9 Å². The summed E-state index contributed by atoms with van der Waals surface area (Å²) in [5, 5.41) is 10.7. The quantitative estimate of drug-likeness (QED) is 0.762. The van der Waals surface area contributed by atoms with Gasteiger partial charge in [-0.3, -0.25) is 0 Å². The highest BCUT2D eigenvalue weighted by atomic mass is 16.3. The Labute approximate surface area is 98.5 Å². The fourth-order valence-corrected chi connectivity index (χ4v) is 2.77. The molecule has 0 saturated heterocycles. The molecule has 0 atom stereocenters. The van der Waals surface area contributed by atoms with Crippen LogP contribution in [0.4, 0.5) is 0 Å². The lowest BCUT2D eigenvalue weighted by molar-refractivity contribution is -0.0121. The molecular weight excluding hydrogens is 196 g/mol. The summed E-state index contributed by atoms with van der Waals surface area (Å²) < 4.78 is 0. The Bertz CT molecular complexity index is 353. The number of hydrogen-bond acceptors (Lipinski definition) is 1. The van der Waals surface area contributed by atoms with E-state index in [2.05, 4.69) is 39.0 Å². The molecule has 0 aliphatic heterocycles. The van der Waals surface area contributed by atoms with Crippen LogP contribution in [0.1, 0.15) is 49.3 Å². The predicted octanol–water partition coefficient (Wildman–Crippen LogP) is 3.70. The van der Waals surface area contributed by atoms with Crippen LogP contribution < -0.4 is 0 Å². The zero-order valence-electron chi connectivity index (χ0n) is 10.6. The molecule has 1 nitrogen and oxygen atoms in total. The minimum atomic E-state index is -0.566. The van der Waals surface area contributed by atoms with Gasteiger partial charge in [-0.25, -0.2) is 0 Å². The predicted molar refractivity (Wildman–Crippen MR) is 67.4 cm³/mol. The van der Waals surface area contributed by atoms with Crippen LogP contribution in [0.2, 0.25) is 0 Å². The zero-order valence-corrected chi connectivity index (χ0v) is 10.6. The van der Waals surface area contributed by atoms with Crippen molar-refractivity contribution >= 4 is 0 Å².